The van der Waals surface area contributed by atoms with Crippen LogP contribution in [0.4, 0.5) is 0 Å². The van der Waals surface area contributed by atoms with Gasteiger partial charge in [-0.2, -0.15) is 4.79 Å². The first-order chi connectivity index (χ1) is 2.73. The number of rotatable bonds is 0. The van der Waals surface area contributed by atoms with Crippen molar-refractivity contribution in [2.75, 3.05) is 0 Å². The number of Topliss-reactive ketones (excluding diaryl/α,β-unsaturated/α-hetero) is 1. The molecular weight excluding hydrogens is 78.0 g/mol. The molecular formula is C4NO. The van der Waals surface area contributed by atoms with E-state index in [-0.39, 0.29) is 11.3 Å². The van der Waals surface area contributed by atoms with E-state index in [9.17, 15) is 4.79 Å². The molecule has 0 spiro atoms. The zero-order valence-corrected chi connectivity index (χ0v) is 2.86. The Balaban J connectivity index is 3.04. The maximum Gasteiger partial charge on any atom is 0.347 e. The molecule has 0 amide bonds. The van der Waals surface area contributed by atoms with Crippen LogP contribution >= 0.6 is 0 Å². The largest absolute Gasteiger partial charge is 0.714 e. The molecule has 0 bridgehead atoms. The predicted molar refractivity (Wildman–Crippen MR) is 20.1 cm³/mol. The van der Waals surface area contributed by atoms with E-state index in [4.69, 9.17) is 12.0 Å². The van der Waals surface area contributed by atoms with Crippen molar-refractivity contribution in [3.8, 4) is 0 Å². The second kappa shape index (κ2) is 0.559. The van der Waals surface area contributed by atoms with Crippen LogP contribution < -0.4 is 0 Å². The predicted octanol–water partition coefficient (Wildman–Crippen LogP) is -0.184. The minimum Gasteiger partial charge on any atom is -0.714 e. The standard InChI is InChI=1S/C4NO/c1-2-3(5)4(2)6. The van der Waals surface area contributed by atoms with Gasteiger partial charge >= 0.3 is 5.78 Å². The van der Waals surface area contributed by atoms with Crippen molar-refractivity contribution in [3.05, 3.63) is 17.6 Å². The van der Waals surface area contributed by atoms with Crippen LogP contribution in [-0.4, -0.2) is 11.5 Å². The van der Waals surface area contributed by atoms with E-state index in [0.717, 1.165) is 0 Å². The Labute approximate surface area is 35.0 Å². The normalized spacial score (nSPS) is 18.8. The third-order valence-corrected chi connectivity index (χ3v) is 0.616. The molecule has 1 radical (unpaired) electrons. The Morgan fingerprint density at radius 2 is 1.83 bits per heavy atom. The van der Waals surface area contributed by atoms with E-state index in [1.807, 2.05) is 0 Å². The Hall–Kier alpha value is -1.01. The molecule has 6 heavy (non-hydrogen) atoms. The van der Waals surface area contributed by atoms with E-state index in [1.54, 1.807) is 0 Å². The van der Waals surface area contributed by atoms with Crippen LogP contribution in [0.15, 0.2) is 5.57 Å². The third-order valence-electron chi connectivity index (χ3n) is 0.616. The minimum atomic E-state index is -0.519. The first-order valence-corrected chi connectivity index (χ1v) is 1.43. The number of hydrogen-bond donors (Lipinski definition) is 0. The van der Waals surface area contributed by atoms with Gasteiger partial charge in [0.2, 0.25) is 0 Å². The number of hydrogen-bond acceptors (Lipinski definition) is 1. The zero-order valence-electron chi connectivity index (χ0n) is 2.86. The zero-order chi connectivity index (χ0) is 4.73. The average Bonchev–Trinajstić information content (AvgIpc) is 1.94. The lowest BCUT2D eigenvalue weighted by molar-refractivity contribution is -0.106. The molecule has 2 nitrogen and oxygen atoms in total. The molecule has 0 atom stereocenters. The third kappa shape index (κ3) is 0.147. The first kappa shape index (κ1) is 3.19. The second-order valence-corrected chi connectivity index (χ2v) is 1.05. The Bertz CT molecular complexity index is 105. The summed E-state index contributed by atoms with van der Waals surface area (Å²) in [6.07, 6.45) is 0. The molecule has 27 valence electrons. The van der Waals surface area contributed by atoms with E-state index in [1.165, 1.54) is 0 Å². The molecule has 1 saturated carbocycles. The van der Waals surface area contributed by atoms with Crippen molar-refractivity contribution in [1.29, 1.82) is 0 Å². The molecule has 1 aliphatic rings. The van der Waals surface area contributed by atoms with Crippen molar-refractivity contribution in [3.63, 3.8) is 0 Å². The highest BCUT2D eigenvalue weighted by molar-refractivity contribution is 6.76. The van der Waals surface area contributed by atoms with Gasteiger partial charge in [0.1, 0.15) is 0 Å². The summed E-state index contributed by atoms with van der Waals surface area (Å²) in [4.78, 5) is 9.71. The molecule has 0 aromatic rings. The topological polar surface area (TPSA) is 39.4 Å². The monoisotopic (exact) mass is 78.0 g/mol. The van der Waals surface area contributed by atoms with Crippen LogP contribution in [0, 0.1) is 6.58 Å². The summed E-state index contributed by atoms with van der Waals surface area (Å²) < 4.78 is 0. The van der Waals surface area contributed by atoms with E-state index in [0.29, 0.717) is 0 Å². The van der Waals surface area contributed by atoms with Crippen LogP contribution in [0.1, 0.15) is 0 Å². The highest BCUT2D eigenvalue weighted by Gasteiger charge is 2.44. The number of carbonyl (C=O) groups excluding carboxylic acids is 1. The van der Waals surface area contributed by atoms with Crippen LogP contribution in [0.3, 0.4) is 0 Å². The van der Waals surface area contributed by atoms with Gasteiger partial charge < -0.3 is 5.41 Å². The van der Waals surface area contributed by atoms with Crippen LogP contribution in [0.5, 0.6) is 0 Å². The smallest absolute Gasteiger partial charge is 0.347 e. The fraction of sp³-hybridized carbons (Fsp3) is 0. The molecule has 1 rings (SSSR count). The van der Waals surface area contributed by atoms with Crippen LogP contribution in [0.25, 0.3) is 5.41 Å². The van der Waals surface area contributed by atoms with Crippen molar-refractivity contribution in [1.82, 2.24) is 0 Å². The summed E-state index contributed by atoms with van der Waals surface area (Å²) in [6.45, 7) is 6.39. The second-order valence-electron chi connectivity index (χ2n) is 1.05. The first-order valence-electron chi connectivity index (χ1n) is 1.43. The lowest BCUT2D eigenvalue weighted by Crippen LogP contribution is -1.59. The number of carbonyl (C=O) groups is 1. The lowest BCUT2D eigenvalue weighted by atomic mass is 10.7. The SMILES string of the molecule is [C+]=C1C(=[N-])C1=O. The van der Waals surface area contributed by atoms with Crippen molar-refractivity contribution < 1.29 is 4.79 Å². The molecule has 1 fully saturated rings. The quantitative estimate of drug-likeness (QED) is 0.292. The van der Waals surface area contributed by atoms with Gasteiger partial charge in [-0.25, -0.2) is 0 Å². The molecule has 0 heterocycles. The fourth-order valence-electron chi connectivity index (χ4n) is 0.161. The Morgan fingerprint density at radius 1 is 1.67 bits per heavy atom. The van der Waals surface area contributed by atoms with Crippen molar-refractivity contribution >= 4 is 11.5 Å². The maximum absolute atomic E-state index is 9.71. The summed E-state index contributed by atoms with van der Waals surface area (Å²) >= 11 is 0. The summed E-state index contributed by atoms with van der Waals surface area (Å²) in [5, 5.41) is 8.05. The summed E-state index contributed by atoms with van der Waals surface area (Å²) in [6, 6.07) is 0. The highest BCUT2D eigenvalue weighted by atomic mass is 16.1. The van der Waals surface area contributed by atoms with Crippen LogP contribution in [-0.2, 0) is 4.79 Å². The average molecular weight is 78.0 g/mol. The summed E-state index contributed by atoms with van der Waals surface area (Å²) in [7, 11) is 0. The van der Waals surface area contributed by atoms with E-state index < -0.39 is 5.78 Å². The summed E-state index contributed by atoms with van der Waals surface area (Å²) in [5.74, 6) is -0.519. The fourth-order valence-corrected chi connectivity index (χ4v) is 0.161. The van der Waals surface area contributed by atoms with Gasteiger partial charge in [0.25, 0.3) is 5.57 Å². The van der Waals surface area contributed by atoms with E-state index >= 15 is 0 Å². The van der Waals surface area contributed by atoms with Gasteiger partial charge in [0, 0.05) is 0 Å². The molecule has 0 unspecified atom stereocenters. The van der Waals surface area contributed by atoms with Gasteiger partial charge in [-0.05, 0) is 0 Å². The van der Waals surface area contributed by atoms with Crippen LogP contribution in [0.2, 0.25) is 0 Å². The van der Waals surface area contributed by atoms with Gasteiger partial charge in [0.15, 0.2) is 6.58 Å². The molecule has 0 aromatic heterocycles. The maximum atomic E-state index is 9.71. The van der Waals surface area contributed by atoms with Gasteiger partial charge in [-0.3, -0.25) is 0 Å². The lowest BCUT2D eigenvalue weighted by Gasteiger charge is -1.44. The highest BCUT2D eigenvalue weighted by Crippen LogP contribution is 2.13. The molecule has 0 saturated heterocycles. The molecule has 2 heteroatoms. The van der Waals surface area contributed by atoms with Crippen molar-refractivity contribution in [2.45, 2.75) is 0 Å². The number of ketones is 1. The molecule has 1 aliphatic carbocycles. The Morgan fingerprint density at radius 3 is 1.83 bits per heavy atom. The molecule has 0 aliphatic heterocycles. The van der Waals surface area contributed by atoms with Gasteiger partial charge in [-0.15, -0.1) is 0 Å². The van der Waals surface area contributed by atoms with Gasteiger partial charge in [-0.1, -0.05) is 0 Å². The number of nitrogens with zero attached hydrogens (tertiary/aromatic N) is 1. The van der Waals surface area contributed by atoms with Crippen molar-refractivity contribution in [2.24, 2.45) is 0 Å². The van der Waals surface area contributed by atoms with Gasteiger partial charge in [0.05, 0.1) is 5.71 Å². The Kier molecular flexibility index (Phi) is 0.297. The van der Waals surface area contributed by atoms with E-state index in [2.05, 4.69) is 0 Å². The molecule has 0 N–H and O–H groups in total. The number of allylic oxidation sites excluding steroid dienone is 1. The molecule has 0 aromatic carbocycles. The summed E-state index contributed by atoms with van der Waals surface area (Å²) in [5.41, 5.74) is -0.620. The minimum absolute atomic E-state index is 0.241.